The van der Waals surface area contributed by atoms with Crippen LogP contribution in [0.4, 0.5) is 14.9 Å². The van der Waals surface area contributed by atoms with Gasteiger partial charge in [0.2, 0.25) is 11.9 Å². The van der Waals surface area contributed by atoms with E-state index in [1.807, 2.05) is 18.2 Å². The lowest BCUT2D eigenvalue weighted by Gasteiger charge is -2.26. The zero-order valence-electron chi connectivity index (χ0n) is 20.9. The molecule has 0 atom stereocenters. The Morgan fingerprint density at radius 1 is 1.24 bits per heavy atom. The van der Waals surface area contributed by atoms with Gasteiger partial charge in [-0.3, -0.25) is 4.79 Å². The van der Waals surface area contributed by atoms with E-state index in [4.69, 9.17) is 15.2 Å². The maximum absolute atomic E-state index is 12.8. The minimum absolute atomic E-state index is 0.0203. The second kappa shape index (κ2) is 11.9. The first-order valence-electron chi connectivity index (χ1n) is 12.0. The Kier molecular flexibility index (Phi) is 8.35. The van der Waals surface area contributed by atoms with Crippen molar-refractivity contribution in [3.8, 4) is 17.6 Å². The molecule has 3 aromatic rings. The number of aliphatic hydroxyl groups is 1. The molecule has 2 aliphatic rings. The lowest BCUT2D eigenvalue weighted by molar-refractivity contribution is -0.118. The fourth-order valence-corrected chi connectivity index (χ4v) is 3.88. The van der Waals surface area contributed by atoms with Gasteiger partial charge in [-0.25, -0.2) is 9.78 Å². The van der Waals surface area contributed by atoms with Crippen molar-refractivity contribution in [3.63, 3.8) is 0 Å². The first-order chi connectivity index (χ1) is 18.2. The highest BCUT2D eigenvalue weighted by Gasteiger charge is 2.27. The van der Waals surface area contributed by atoms with Crippen molar-refractivity contribution in [1.82, 2.24) is 14.8 Å². The maximum atomic E-state index is 12.8. The van der Waals surface area contributed by atoms with Gasteiger partial charge in [0.1, 0.15) is 11.4 Å². The van der Waals surface area contributed by atoms with E-state index >= 15 is 0 Å². The Morgan fingerprint density at radius 3 is 2.74 bits per heavy atom. The van der Waals surface area contributed by atoms with Crippen molar-refractivity contribution >= 4 is 17.6 Å². The molecule has 0 saturated carbocycles. The number of anilines is 1. The number of hydrogen-bond donors (Lipinski definition) is 2. The molecule has 10 nitrogen and oxygen atoms in total. The lowest BCUT2D eigenvalue weighted by atomic mass is 9.95. The number of nitrogens with zero attached hydrogens (tertiary/aromatic N) is 4. The lowest BCUT2D eigenvalue weighted by Crippen LogP contribution is -2.34. The van der Waals surface area contributed by atoms with Crippen molar-refractivity contribution in [1.29, 1.82) is 0 Å². The molecule has 1 aromatic carbocycles. The number of hydrogen-bond acceptors (Lipinski definition) is 7. The molecule has 2 amide bonds. The van der Waals surface area contributed by atoms with Crippen LogP contribution in [0.15, 0.2) is 48.8 Å². The second-order valence-corrected chi connectivity index (χ2v) is 8.89. The van der Waals surface area contributed by atoms with E-state index in [-0.39, 0.29) is 5.91 Å². The first kappa shape index (κ1) is 26.8. The molecule has 4 heterocycles. The highest BCUT2D eigenvalue weighted by Crippen LogP contribution is 2.31. The summed E-state index contributed by atoms with van der Waals surface area (Å²) in [6.45, 7) is 1.45. The van der Waals surface area contributed by atoms with Crippen LogP contribution < -0.4 is 15.4 Å². The molecule has 198 valence electrons. The van der Waals surface area contributed by atoms with E-state index in [2.05, 4.69) is 21.9 Å². The quantitative estimate of drug-likeness (QED) is 0.390. The number of primary amides is 1. The van der Waals surface area contributed by atoms with Crippen LogP contribution in [-0.2, 0) is 16.0 Å². The number of carbonyl (C=O) groups is 2. The third-order valence-electron chi connectivity index (χ3n) is 6.05. The van der Waals surface area contributed by atoms with Crippen molar-refractivity contribution in [3.05, 3.63) is 71.6 Å². The number of pyridine rings is 1. The molecule has 38 heavy (non-hydrogen) atoms. The molecular formula is C27H28FN5O5. The van der Waals surface area contributed by atoms with Gasteiger partial charge in [0, 0.05) is 43.8 Å². The molecule has 0 unspecified atom stereocenters. The van der Waals surface area contributed by atoms with Crippen LogP contribution in [0.25, 0.3) is 0 Å². The molecule has 0 bridgehead atoms. The monoisotopic (exact) mass is 521 g/mol. The topological polar surface area (TPSA) is 133 Å². The van der Waals surface area contributed by atoms with Gasteiger partial charge in [0.25, 0.3) is 0 Å². The number of nitrogens with two attached hydrogens (primary N) is 1. The first-order valence-corrected chi connectivity index (χ1v) is 12.0. The third-order valence-corrected chi connectivity index (χ3v) is 6.05. The molecule has 1 fully saturated rings. The maximum Gasteiger partial charge on any atom is 0.339 e. The number of aromatic nitrogens is 3. The zero-order chi connectivity index (χ0) is 27.1. The molecule has 3 N–H and O–H groups in total. The highest BCUT2D eigenvalue weighted by atomic mass is 19.1. The summed E-state index contributed by atoms with van der Waals surface area (Å²) in [6, 6.07) is 9.39. The second-order valence-electron chi connectivity index (χ2n) is 8.89. The SMILES string of the molecule is CN1C(=O)CCOc2ccc(C#CC3(O)CCOCC3)cc21.NC(=O)n1cc(Cc2cccc(F)n2)cn1. The number of amides is 2. The fourth-order valence-electron chi connectivity index (χ4n) is 3.88. The van der Waals surface area contributed by atoms with Crippen molar-refractivity contribution in [2.75, 3.05) is 31.8 Å². The summed E-state index contributed by atoms with van der Waals surface area (Å²) in [6.07, 6.45) is 4.81. The molecule has 0 radical (unpaired) electrons. The van der Waals surface area contributed by atoms with E-state index in [0.717, 1.165) is 15.8 Å². The molecular weight excluding hydrogens is 493 g/mol. The van der Waals surface area contributed by atoms with Crippen molar-refractivity contribution < 1.29 is 28.6 Å². The zero-order valence-corrected chi connectivity index (χ0v) is 20.9. The number of ether oxygens (including phenoxy) is 2. The number of benzene rings is 1. The molecule has 1 saturated heterocycles. The highest BCUT2D eigenvalue weighted by molar-refractivity contribution is 5.95. The predicted molar refractivity (Wildman–Crippen MR) is 136 cm³/mol. The smallest absolute Gasteiger partial charge is 0.339 e. The number of fused-ring (bicyclic) bond motifs is 1. The standard InChI is InChI=1S/C17H19NO4.C10H9FN4O/c1-18-14-12-13(2-3-15(14)22-9-5-16(18)19)4-6-17(20)7-10-21-11-8-17;11-9-3-1-2-8(14-9)4-7-5-13-15(6-7)10(12)16/h2-3,12,20H,5,7-11H2,1H3;1-3,5-6H,4H2,(H2,12,16). The predicted octanol–water partition coefficient (Wildman–Crippen LogP) is 2.26. The van der Waals surface area contributed by atoms with Crippen LogP contribution in [0.5, 0.6) is 5.75 Å². The minimum atomic E-state index is -0.983. The van der Waals surface area contributed by atoms with Crippen LogP contribution in [-0.4, -0.2) is 64.3 Å². The summed E-state index contributed by atoms with van der Waals surface area (Å²) in [4.78, 5) is 28.0. The van der Waals surface area contributed by atoms with Crippen LogP contribution in [0.2, 0.25) is 0 Å². The minimum Gasteiger partial charge on any atom is -0.491 e. The Labute approximate surface area is 219 Å². The fraction of sp³-hybridized carbons (Fsp3) is 0.333. The van der Waals surface area contributed by atoms with Crippen LogP contribution in [0.3, 0.4) is 0 Å². The summed E-state index contributed by atoms with van der Waals surface area (Å²) in [5.41, 5.74) is 6.84. The van der Waals surface area contributed by atoms with Crippen LogP contribution in [0.1, 0.15) is 36.1 Å². The molecule has 5 rings (SSSR count). The third kappa shape index (κ3) is 6.94. The molecule has 2 aromatic heterocycles. The van der Waals surface area contributed by atoms with Crippen molar-refractivity contribution in [2.45, 2.75) is 31.3 Å². The summed E-state index contributed by atoms with van der Waals surface area (Å²) in [7, 11) is 1.74. The van der Waals surface area contributed by atoms with Crippen molar-refractivity contribution in [2.24, 2.45) is 5.73 Å². The summed E-state index contributed by atoms with van der Waals surface area (Å²) in [5.74, 6) is 6.13. The Bertz CT molecular complexity index is 1370. The summed E-state index contributed by atoms with van der Waals surface area (Å²) < 4.78 is 24.6. The van der Waals surface area contributed by atoms with Crippen LogP contribution >= 0.6 is 0 Å². The largest absolute Gasteiger partial charge is 0.491 e. The van der Waals surface area contributed by atoms with Gasteiger partial charge in [-0.2, -0.15) is 14.2 Å². The molecule has 11 heteroatoms. The van der Waals surface area contributed by atoms with Gasteiger partial charge < -0.3 is 25.2 Å². The van der Waals surface area contributed by atoms with E-state index in [1.165, 1.54) is 18.5 Å². The van der Waals surface area contributed by atoms with E-state index in [9.17, 15) is 19.1 Å². The molecule has 2 aliphatic heterocycles. The van der Waals surface area contributed by atoms with E-state index in [0.29, 0.717) is 62.6 Å². The van der Waals surface area contributed by atoms with Gasteiger partial charge in [-0.05, 0) is 35.9 Å². The normalized spacial score (nSPS) is 16.1. The Morgan fingerprint density at radius 2 is 2.03 bits per heavy atom. The average Bonchev–Trinajstić information content (AvgIpc) is 3.32. The molecule has 0 spiro atoms. The van der Waals surface area contributed by atoms with Gasteiger partial charge in [0.15, 0.2) is 0 Å². The van der Waals surface area contributed by atoms with Gasteiger partial charge in [0.05, 0.1) is 38.1 Å². The number of rotatable bonds is 2. The Balaban J connectivity index is 0.000000186. The average molecular weight is 522 g/mol. The summed E-state index contributed by atoms with van der Waals surface area (Å²) >= 11 is 0. The Hall–Kier alpha value is -4.27. The van der Waals surface area contributed by atoms with E-state index < -0.39 is 17.6 Å². The molecule has 0 aliphatic carbocycles. The van der Waals surface area contributed by atoms with Gasteiger partial charge in [-0.15, -0.1) is 0 Å². The van der Waals surface area contributed by atoms with Gasteiger partial charge in [-0.1, -0.05) is 17.9 Å². The van der Waals surface area contributed by atoms with Crippen LogP contribution in [0, 0.1) is 17.8 Å². The van der Waals surface area contributed by atoms with E-state index in [1.54, 1.807) is 24.1 Å². The summed E-state index contributed by atoms with van der Waals surface area (Å²) in [5, 5.41) is 14.1. The number of halogens is 1. The van der Waals surface area contributed by atoms with Gasteiger partial charge >= 0.3 is 6.03 Å². The number of carbonyl (C=O) groups excluding carboxylic acids is 2.